The first-order valence-corrected chi connectivity index (χ1v) is 43.5. The molecule has 0 aromatic rings. The second-order valence-electron chi connectivity index (χ2n) is 33.7. The number of nitrogens with one attached hydrogen (secondary N) is 4. The van der Waals surface area contributed by atoms with Gasteiger partial charge in [0.15, 0.2) is 50.3 Å². The van der Waals surface area contributed by atoms with Gasteiger partial charge in [-0.3, -0.25) is 28.8 Å². The van der Waals surface area contributed by atoms with Gasteiger partial charge in [-0.2, -0.15) is 0 Å². The highest BCUT2D eigenvalue weighted by Gasteiger charge is 2.63. The molecule has 768 valence electrons. The number of ketones is 1. The van der Waals surface area contributed by atoms with E-state index in [1.165, 1.54) is 6.92 Å². The summed E-state index contributed by atoms with van der Waals surface area (Å²) in [5.41, 5.74) is 0. The Morgan fingerprint density at radius 1 is 0.368 bits per heavy atom. The molecule has 31 N–H and O–H groups in total. The maximum atomic E-state index is 13.2. The Hall–Kier alpha value is -4.34. The molecule has 10 saturated heterocycles. The normalized spacial score (nSPS) is 47.0. The summed E-state index contributed by atoms with van der Waals surface area (Å²) in [4.78, 5) is 76.6. The van der Waals surface area contributed by atoms with Crippen molar-refractivity contribution in [3.63, 3.8) is 0 Å². The average Bonchev–Trinajstić information content (AvgIpc) is 0.763. The average molecular weight is 2010 g/mol. The molecule has 0 aromatic heterocycles. The number of carbonyl (C=O) groups excluding carboxylic acids is 6. The molecular formula is C75H123BrN4O53. The lowest BCUT2D eigenvalue weighted by atomic mass is 9.87. The van der Waals surface area contributed by atoms with Crippen molar-refractivity contribution in [1.82, 2.24) is 21.3 Å². The SMILES string of the molecule is CC(=O)NC1C(O)[C@H](O[C@@H]2OC(CO[C@]3(OC=O)C[C@@H](O)[C@@H](C)C([C@H](O)[C@H](O)CO)O3)[C@H](O)[C@H](O)C2O)[C@H](CO)O[C@H]1OC1[C@@H](OCC2O[C@@H](O[C@@H]3C(CO)O[C@@H](O[C@@H]4C(CO)O[C@@H](CC(=O)CBr)C(NC(C)=O)[C@H]4O)C(NC(C)=O)[C@H]3O)C(O)[C@@H](O[C@H]3OC(CO)[C@@H](O)C(O)C3O[C@@H]3OC(CO)[C@@H](O[C@@H]4OC(CO)[C@H](O)[C@H](O)C4O)[C@H](O)C3NC(C)=O)[C@@H]2O)OC(CO)[C@@H](O)[C@@H]1O. The van der Waals surface area contributed by atoms with Crippen LogP contribution in [0.5, 0.6) is 0 Å². The van der Waals surface area contributed by atoms with Gasteiger partial charge in [-0.15, -0.1) is 0 Å². The topological polar surface area (TPSA) is 881 Å². The molecule has 0 aliphatic carbocycles. The highest BCUT2D eigenvalue weighted by atomic mass is 79.9. The number of halogens is 1. The predicted molar refractivity (Wildman–Crippen MR) is 417 cm³/mol. The first-order chi connectivity index (χ1) is 62.9. The summed E-state index contributed by atoms with van der Waals surface area (Å²) >= 11 is 3.04. The molecule has 0 saturated carbocycles. The zero-order valence-electron chi connectivity index (χ0n) is 71.7. The third kappa shape index (κ3) is 25.2. The van der Waals surface area contributed by atoms with Gasteiger partial charge in [0.25, 0.3) is 6.47 Å². The van der Waals surface area contributed by atoms with Crippen molar-refractivity contribution >= 4 is 51.8 Å². The van der Waals surface area contributed by atoms with Crippen molar-refractivity contribution in [1.29, 1.82) is 0 Å². The standard InChI is InChI=1S/C75H123BrN4O53/c1-20-26(95)7-75(116-19-89,133-59(20)42(97)27(96)9-81)115-18-37-46(101)53(108)57(112)71(125-37)128-62-34(15-87)122-68(40(50(62)105)79-23(4)92)131-65-54(109)44(99)30(11-83)119-73(65)114-17-36-47(102)64(58(113)72(124-36)129-63-35(16-88)121-67(39(49(63)104)78-22(3)91)126-60-32(13-85)117-28(6-25(94)8-76)38(48(60)103)77-21(2)90)130-74-66(55(110)45(100)31(12-84)120-74)132-69-41(80-24(5)93)51(106)61(33(14-86)123-69)127-70-56(111)52(107)43(98)29(10-82)118-70/h19-20,26-74,81-88,95-113H,6-18H2,1-5H3,(H,77,90)(H,78,91)(H,79,92)(H,80,93)/t20-,26-,27-,28+,29?,30?,31?,32?,33?,34+,35?,36?,37?,38?,39?,40?,41?,42-,43+,44-,45-,46+,47-,48-,49-,50?,51-,52+,53+,54+,55?,56?,57?,58?,59?,60-,61-,62-,63-,64+,65?,66?,67+,68+,69+,70+,71+,72+,73+,74-,75+/m1/s1. The first-order valence-electron chi connectivity index (χ1n) is 42.4. The van der Waals surface area contributed by atoms with Crippen molar-refractivity contribution in [2.75, 3.05) is 71.4 Å². The smallest absolute Gasteiger partial charge is 0.332 e. The van der Waals surface area contributed by atoms with Crippen LogP contribution in [-0.2, 0) is 124 Å². The summed E-state index contributed by atoms with van der Waals surface area (Å²) in [5, 5.41) is 313. The second kappa shape index (κ2) is 48.9. The van der Waals surface area contributed by atoms with Crippen LogP contribution in [0, 0.1) is 5.92 Å². The Labute approximate surface area is 762 Å². The molecule has 0 bridgehead atoms. The van der Waals surface area contributed by atoms with E-state index in [1.54, 1.807) is 0 Å². The van der Waals surface area contributed by atoms with E-state index >= 15 is 0 Å². The van der Waals surface area contributed by atoms with E-state index in [-0.39, 0.29) is 11.8 Å². The third-order valence-corrected chi connectivity index (χ3v) is 25.0. The number of alkyl halides is 1. The first kappa shape index (κ1) is 111. The number of carbonyl (C=O) groups is 6. The van der Waals surface area contributed by atoms with Gasteiger partial charge in [-0.1, -0.05) is 22.9 Å². The van der Waals surface area contributed by atoms with E-state index in [4.69, 9.17) is 94.7 Å². The Bertz CT molecular complexity index is 3670. The molecule has 4 amide bonds. The fourth-order valence-electron chi connectivity index (χ4n) is 17.2. The fourth-order valence-corrected chi connectivity index (χ4v) is 17.5. The molecule has 10 aliphatic heterocycles. The fraction of sp³-hybridized carbons (Fsp3) is 0.920. The second-order valence-corrected chi connectivity index (χ2v) is 34.2. The zero-order chi connectivity index (χ0) is 98.1. The summed E-state index contributed by atoms with van der Waals surface area (Å²) in [6.45, 7) is -6.32. The van der Waals surface area contributed by atoms with Crippen LogP contribution in [0.1, 0.15) is 47.5 Å². The van der Waals surface area contributed by atoms with E-state index in [0.29, 0.717) is 0 Å². The van der Waals surface area contributed by atoms with E-state index in [2.05, 4.69) is 37.2 Å². The largest absolute Gasteiger partial charge is 0.410 e. The minimum Gasteiger partial charge on any atom is -0.410 e. The van der Waals surface area contributed by atoms with Crippen molar-refractivity contribution < 1.29 is 261 Å². The summed E-state index contributed by atoms with van der Waals surface area (Å²) in [6.07, 6.45) is -96.0. The number of rotatable bonds is 39. The van der Waals surface area contributed by atoms with Gasteiger partial charge in [0.1, 0.15) is 231 Å². The summed E-state index contributed by atoms with van der Waals surface area (Å²) in [6, 6.07) is -7.47. The molecule has 10 fully saturated rings. The van der Waals surface area contributed by atoms with Crippen molar-refractivity contribution in [2.45, 2.75) is 354 Å². The molecule has 0 spiro atoms. The molecular weight excluding hydrogens is 1880 g/mol. The Kier molecular flexibility index (Phi) is 40.7. The van der Waals surface area contributed by atoms with E-state index < -0.39 is 421 Å². The highest BCUT2D eigenvalue weighted by molar-refractivity contribution is 9.09. The van der Waals surface area contributed by atoms with Gasteiger partial charge < -0.3 is 254 Å². The van der Waals surface area contributed by atoms with Crippen LogP contribution in [0.3, 0.4) is 0 Å². The van der Waals surface area contributed by atoms with Crippen molar-refractivity contribution in [3.8, 4) is 0 Å². The van der Waals surface area contributed by atoms with Gasteiger partial charge in [0, 0.05) is 40.0 Å². The van der Waals surface area contributed by atoms with Gasteiger partial charge >= 0.3 is 5.97 Å². The number of aliphatic hydroxyl groups is 27. The molecule has 10 aliphatic rings. The third-order valence-electron chi connectivity index (χ3n) is 24.4. The van der Waals surface area contributed by atoms with Crippen molar-refractivity contribution in [3.05, 3.63) is 0 Å². The monoisotopic (exact) mass is 2010 g/mol. The number of hydrogen-bond acceptors (Lipinski definition) is 53. The molecule has 20 unspecified atom stereocenters. The Balaban J connectivity index is 0.961. The lowest BCUT2D eigenvalue weighted by molar-refractivity contribution is -0.424. The molecule has 0 aromatic carbocycles. The lowest BCUT2D eigenvalue weighted by Crippen LogP contribution is -2.71. The van der Waals surface area contributed by atoms with E-state index in [0.717, 1.165) is 27.7 Å². The number of aliphatic hydroxyl groups excluding tert-OH is 27. The highest BCUT2D eigenvalue weighted by Crippen LogP contribution is 2.43. The van der Waals surface area contributed by atoms with Crippen LogP contribution in [-0.4, -0.2) is 551 Å². The molecule has 57 nitrogen and oxygen atoms in total. The van der Waals surface area contributed by atoms with Gasteiger partial charge in [0.05, 0.1) is 102 Å². The zero-order valence-corrected chi connectivity index (χ0v) is 73.3. The number of hydrogen-bond donors (Lipinski definition) is 31. The Morgan fingerprint density at radius 2 is 0.699 bits per heavy atom. The maximum Gasteiger partial charge on any atom is 0.332 e. The Morgan fingerprint density at radius 3 is 1.11 bits per heavy atom. The predicted octanol–water partition coefficient (Wildman–Crippen LogP) is -20.3. The quantitative estimate of drug-likeness (QED) is 0.0154. The molecule has 133 heavy (non-hydrogen) atoms. The molecule has 58 heteroatoms. The maximum absolute atomic E-state index is 13.2. The van der Waals surface area contributed by atoms with Crippen LogP contribution < -0.4 is 21.3 Å². The molecule has 0 radical (unpaired) electrons. The van der Waals surface area contributed by atoms with Crippen LogP contribution in [0.2, 0.25) is 0 Å². The van der Waals surface area contributed by atoms with Crippen LogP contribution in [0.25, 0.3) is 0 Å². The summed E-state index contributed by atoms with van der Waals surface area (Å²) < 4.78 is 119. The van der Waals surface area contributed by atoms with Crippen LogP contribution >= 0.6 is 15.9 Å². The molecule has 10 rings (SSSR count). The van der Waals surface area contributed by atoms with Gasteiger partial charge in [-0.05, 0) is 0 Å². The number of Topliss-reactive ketones (excluding diaryl/α,β-unsaturated/α-hetero) is 1. The van der Waals surface area contributed by atoms with Crippen LogP contribution in [0.4, 0.5) is 0 Å². The van der Waals surface area contributed by atoms with Crippen molar-refractivity contribution in [2.24, 2.45) is 5.92 Å². The van der Waals surface area contributed by atoms with Gasteiger partial charge in [-0.25, -0.2) is 0 Å². The molecule has 10 heterocycles. The lowest BCUT2D eigenvalue weighted by Gasteiger charge is -2.51. The summed E-state index contributed by atoms with van der Waals surface area (Å²) in [7, 11) is 0. The number of ether oxygens (including phenoxy) is 20. The van der Waals surface area contributed by atoms with E-state index in [9.17, 15) is 167 Å². The van der Waals surface area contributed by atoms with Crippen LogP contribution in [0.15, 0.2) is 0 Å². The number of amides is 4. The molecule has 51 atom stereocenters. The summed E-state index contributed by atoms with van der Waals surface area (Å²) in [5.74, 6) is -7.90. The van der Waals surface area contributed by atoms with Gasteiger partial charge in [0.2, 0.25) is 23.6 Å². The minimum atomic E-state index is -2.67. The minimum absolute atomic E-state index is 0.196. The van der Waals surface area contributed by atoms with E-state index in [1.807, 2.05) is 0 Å².